The number of alkyl halides is 3. The first-order chi connectivity index (χ1) is 4.52. The molecule has 0 bridgehead atoms. The van der Waals surface area contributed by atoms with E-state index in [1.807, 2.05) is 5.48 Å². The Bertz CT molecular complexity index is 131. The normalized spacial score (nSPS) is 13.5. The number of nitrogens with one attached hydrogen (secondary N) is 1. The van der Waals surface area contributed by atoms with Crippen LogP contribution in [-0.4, -0.2) is 26.2 Å². The van der Waals surface area contributed by atoms with Gasteiger partial charge in [0, 0.05) is 14.1 Å². The Labute approximate surface area is 55.8 Å². The molecule has 0 radical (unpaired) electrons. The van der Waals surface area contributed by atoms with Crippen LogP contribution in [0.15, 0.2) is 4.99 Å². The van der Waals surface area contributed by atoms with E-state index in [1.54, 1.807) is 0 Å². The van der Waals surface area contributed by atoms with Crippen molar-refractivity contribution in [3.8, 4) is 0 Å². The molecule has 1 N–H and O–H groups in total. The Morgan fingerprint density at radius 3 is 2.10 bits per heavy atom. The van der Waals surface area contributed by atoms with Crippen molar-refractivity contribution in [2.45, 2.75) is 6.18 Å². The summed E-state index contributed by atoms with van der Waals surface area (Å²) in [6, 6.07) is 0. The van der Waals surface area contributed by atoms with Crippen molar-refractivity contribution in [2.75, 3.05) is 14.1 Å². The van der Waals surface area contributed by atoms with Crippen LogP contribution in [0.1, 0.15) is 0 Å². The molecule has 0 aliphatic carbocycles. The minimum atomic E-state index is -4.52. The van der Waals surface area contributed by atoms with E-state index in [9.17, 15) is 13.2 Å². The van der Waals surface area contributed by atoms with Gasteiger partial charge in [-0.3, -0.25) is 0 Å². The third-order valence-electron chi connectivity index (χ3n) is 0.644. The lowest BCUT2D eigenvalue weighted by Crippen LogP contribution is -2.29. The Hall–Kier alpha value is -0.780. The molecule has 10 heavy (non-hydrogen) atoms. The summed E-state index contributed by atoms with van der Waals surface area (Å²) >= 11 is 0. The Morgan fingerprint density at radius 2 is 2.00 bits per heavy atom. The minimum absolute atomic E-state index is 1.00. The quantitative estimate of drug-likeness (QED) is 0.345. The van der Waals surface area contributed by atoms with Crippen LogP contribution in [0, 0.1) is 0 Å². The first-order valence-corrected chi connectivity index (χ1v) is 2.40. The van der Waals surface area contributed by atoms with Gasteiger partial charge in [-0.15, -0.1) is 0 Å². The number of rotatable bonds is 1. The molecule has 6 heteroatoms. The van der Waals surface area contributed by atoms with Crippen LogP contribution in [-0.2, 0) is 4.84 Å². The molecule has 0 rings (SSSR count). The second-order valence-electron chi connectivity index (χ2n) is 1.33. The molecule has 0 amide bonds. The molecule has 60 valence electrons. The highest BCUT2D eigenvalue weighted by Gasteiger charge is 2.38. The molecule has 3 nitrogen and oxygen atoms in total. The highest BCUT2D eigenvalue weighted by atomic mass is 19.4. The number of hydrogen-bond acceptors (Lipinski definition) is 3. The lowest BCUT2D eigenvalue weighted by molar-refractivity contribution is -0.0838. The fourth-order valence-electron chi connectivity index (χ4n) is 0.327. The number of halogens is 3. The molecule has 0 saturated carbocycles. The van der Waals surface area contributed by atoms with Crippen molar-refractivity contribution < 1.29 is 18.0 Å². The second-order valence-corrected chi connectivity index (χ2v) is 1.33. The van der Waals surface area contributed by atoms with Gasteiger partial charge in [-0.25, -0.2) is 4.99 Å². The van der Waals surface area contributed by atoms with Gasteiger partial charge in [-0.2, -0.15) is 18.7 Å². The van der Waals surface area contributed by atoms with Crippen molar-refractivity contribution in [2.24, 2.45) is 4.99 Å². The molecule has 0 unspecified atom stereocenters. The maximum Gasteiger partial charge on any atom is 0.470 e. The largest absolute Gasteiger partial charge is 0.470 e. The van der Waals surface area contributed by atoms with Gasteiger partial charge >= 0.3 is 12.1 Å². The number of aliphatic imine (C=N–C) groups is 1. The maximum atomic E-state index is 11.6. The third-order valence-corrected chi connectivity index (χ3v) is 0.644. The maximum absolute atomic E-state index is 11.6. The summed E-state index contributed by atoms with van der Waals surface area (Å²) < 4.78 is 34.8. The highest BCUT2D eigenvalue weighted by Crippen LogP contribution is 2.16. The van der Waals surface area contributed by atoms with Crippen LogP contribution in [0.3, 0.4) is 0 Å². The van der Waals surface area contributed by atoms with Crippen molar-refractivity contribution >= 4 is 5.90 Å². The predicted molar refractivity (Wildman–Crippen MR) is 29.6 cm³/mol. The molecule has 0 aliphatic heterocycles. The topological polar surface area (TPSA) is 33.6 Å². The number of hydroxylamine groups is 1. The van der Waals surface area contributed by atoms with Gasteiger partial charge in [0.2, 0.25) is 0 Å². The van der Waals surface area contributed by atoms with Gasteiger partial charge < -0.3 is 4.84 Å². The summed E-state index contributed by atoms with van der Waals surface area (Å²) in [4.78, 5) is 6.79. The Morgan fingerprint density at radius 1 is 1.50 bits per heavy atom. The van der Waals surface area contributed by atoms with Crippen LogP contribution in [0.25, 0.3) is 0 Å². The molecule has 0 aromatic rings. The summed E-state index contributed by atoms with van der Waals surface area (Å²) in [5, 5.41) is 0. The summed E-state index contributed by atoms with van der Waals surface area (Å²) in [5.74, 6) is -1.28. The van der Waals surface area contributed by atoms with Crippen LogP contribution >= 0.6 is 0 Å². The van der Waals surface area contributed by atoms with Gasteiger partial charge in [0.1, 0.15) is 0 Å². The van der Waals surface area contributed by atoms with Crippen molar-refractivity contribution in [3.05, 3.63) is 0 Å². The fraction of sp³-hybridized carbons (Fsp3) is 0.750. The van der Waals surface area contributed by atoms with E-state index in [2.05, 4.69) is 9.83 Å². The predicted octanol–water partition coefficient (Wildman–Crippen LogP) is 0.728. The molecular formula is C4H7F3N2O. The Kier molecular flexibility index (Phi) is 3.14. The first-order valence-electron chi connectivity index (χ1n) is 2.40. The second kappa shape index (κ2) is 3.40. The molecule has 0 saturated heterocycles. The van der Waals surface area contributed by atoms with E-state index in [1.165, 1.54) is 7.05 Å². The molecule has 0 fully saturated rings. The lowest BCUT2D eigenvalue weighted by atomic mass is 10.6. The van der Waals surface area contributed by atoms with Crippen molar-refractivity contribution in [3.63, 3.8) is 0 Å². The van der Waals surface area contributed by atoms with Crippen molar-refractivity contribution in [1.82, 2.24) is 5.48 Å². The minimum Gasteiger partial charge on any atom is -0.384 e. The zero-order valence-electron chi connectivity index (χ0n) is 5.49. The number of hydrogen-bond donors (Lipinski definition) is 1. The van der Waals surface area contributed by atoms with Gasteiger partial charge in [0.05, 0.1) is 0 Å². The van der Waals surface area contributed by atoms with E-state index >= 15 is 0 Å². The Balaban J connectivity index is 4.10. The third kappa shape index (κ3) is 2.67. The average Bonchev–Trinajstić information content (AvgIpc) is 1.80. The van der Waals surface area contributed by atoms with E-state index in [0.717, 1.165) is 7.05 Å². The molecule has 0 heterocycles. The average molecular weight is 156 g/mol. The smallest absolute Gasteiger partial charge is 0.384 e. The molecule has 0 aromatic carbocycles. The number of nitrogens with zero attached hydrogens (tertiary/aromatic N) is 1. The van der Waals surface area contributed by atoms with Crippen LogP contribution < -0.4 is 5.48 Å². The molecule has 0 aliphatic rings. The van der Waals surface area contributed by atoms with Gasteiger partial charge in [-0.1, -0.05) is 0 Å². The van der Waals surface area contributed by atoms with E-state index in [4.69, 9.17) is 0 Å². The van der Waals surface area contributed by atoms with Gasteiger partial charge in [-0.05, 0) is 0 Å². The van der Waals surface area contributed by atoms with Crippen molar-refractivity contribution in [1.29, 1.82) is 0 Å². The molecule has 0 atom stereocenters. The van der Waals surface area contributed by atoms with Crippen LogP contribution in [0.4, 0.5) is 13.2 Å². The van der Waals surface area contributed by atoms with Crippen LogP contribution in [0.2, 0.25) is 0 Å². The summed E-state index contributed by atoms with van der Waals surface area (Å²) in [6.45, 7) is 0. The SMILES string of the molecule is CN=C(ONC)C(F)(F)F. The highest BCUT2D eigenvalue weighted by molar-refractivity contribution is 5.81. The zero-order chi connectivity index (χ0) is 8.20. The van der Waals surface area contributed by atoms with Gasteiger partial charge in [0.15, 0.2) is 0 Å². The molecule has 0 spiro atoms. The fourth-order valence-corrected chi connectivity index (χ4v) is 0.327. The van der Waals surface area contributed by atoms with Crippen LogP contribution in [0.5, 0.6) is 0 Å². The first kappa shape index (κ1) is 9.22. The molecular weight excluding hydrogens is 149 g/mol. The van der Waals surface area contributed by atoms with E-state index in [0.29, 0.717) is 0 Å². The monoisotopic (exact) mass is 156 g/mol. The lowest BCUT2D eigenvalue weighted by Gasteiger charge is -2.08. The van der Waals surface area contributed by atoms with E-state index in [-0.39, 0.29) is 0 Å². The summed E-state index contributed by atoms with van der Waals surface area (Å²) in [7, 11) is 2.22. The summed E-state index contributed by atoms with van der Waals surface area (Å²) in [6.07, 6.45) is -4.52. The standard InChI is InChI=1S/C4H7F3N2O/c1-8-3(10-9-2)4(5,6)7/h9H,1-2H3. The van der Waals surface area contributed by atoms with Gasteiger partial charge in [0.25, 0.3) is 0 Å². The van der Waals surface area contributed by atoms with E-state index < -0.39 is 12.1 Å². The zero-order valence-corrected chi connectivity index (χ0v) is 5.49. The molecule has 0 aromatic heterocycles. The summed E-state index contributed by atoms with van der Waals surface area (Å²) in [5.41, 5.74) is 1.87.